The van der Waals surface area contributed by atoms with Crippen LogP contribution in [0.25, 0.3) is 0 Å². The molecular formula is C14H12ClN3OS. The van der Waals surface area contributed by atoms with Crippen molar-refractivity contribution in [2.45, 2.75) is 6.92 Å². The molecule has 2 aromatic rings. The second-order valence-corrected chi connectivity index (χ2v) is 4.92. The summed E-state index contributed by atoms with van der Waals surface area (Å²) in [6, 6.07) is 10.6. The topological polar surface area (TPSA) is 54.0 Å². The highest BCUT2D eigenvalue weighted by Gasteiger charge is 2.03. The Morgan fingerprint density at radius 2 is 2.05 bits per heavy atom. The van der Waals surface area contributed by atoms with E-state index in [0.717, 1.165) is 5.69 Å². The summed E-state index contributed by atoms with van der Waals surface area (Å²) >= 11 is 10.9. The number of pyridine rings is 1. The van der Waals surface area contributed by atoms with E-state index >= 15 is 0 Å². The summed E-state index contributed by atoms with van der Waals surface area (Å²) in [7, 11) is 0. The molecule has 0 bridgehead atoms. The Morgan fingerprint density at radius 1 is 1.25 bits per heavy atom. The minimum absolute atomic E-state index is 0.00638. The number of ketones is 1. The number of carbonyl (C=O) groups is 1. The molecule has 0 unspecified atom stereocenters. The van der Waals surface area contributed by atoms with Crippen LogP contribution >= 0.6 is 23.8 Å². The van der Waals surface area contributed by atoms with E-state index in [2.05, 4.69) is 15.6 Å². The first-order chi connectivity index (χ1) is 9.54. The van der Waals surface area contributed by atoms with Crippen molar-refractivity contribution in [1.82, 2.24) is 4.98 Å². The molecule has 0 spiro atoms. The van der Waals surface area contributed by atoms with Gasteiger partial charge in [-0.3, -0.25) is 4.79 Å². The highest BCUT2D eigenvalue weighted by molar-refractivity contribution is 7.80. The molecule has 0 aliphatic rings. The van der Waals surface area contributed by atoms with Crippen molar-refractivity contribution < 1.29 is 4.79 Å². The van der Waals surface area contributed by atoms with Gasteiger partial charge in [-0.05, 0) is 43.4 Å². The summed E-state index contributed by atoms with van der Waals surface area (Å²) in [5, 5.41) is 6.88. The number of nitrogens with one attached hydrogen (secondary N) is 2. The van der Waals surface area contributed by atoms with E-state index in [0.29, 0.717) is 21.5 Å². The van der Waals surface area contributed by atoms with Gasteiger partial charge in [-0.15, -0.1) is 0 Å². The van der Waals surface area contributed by atoms with Crippen molar-refractivity contribution in [3.63, 3.8) is 0 Å². The Bertz CT molecular complexity index is 643. The van der Waals surface area contributed by atoms with Crippen LogP contribution in [-0.2, 0) is 0 Å². The molecule has 6 heteroatoms. The first kappa shape index (κ1) is 14.4. The Balaban J connectivity index is 2.02. The summed E-state index contributed by atoms with van der Waals surface area (Å²) in [5.74, 6) is 0.599. The molecule has 0 fully saturated rings. The summed E-state index contributed by atoms with van der Waals surface area (Å²) in [5.41, 5.74) is 1.37. The Morgan fingerprint density at radius 3 is 2.70 bits per heavy atom. The summed E-state index contributed by atoms with van der Waals surface area (Å²) in [4.78, 5) is 15.4. The third-order valence-corrected chi connectivity index (χ3v) is 2.92. The van der Waals surface area contributed by atoms with Crippen LogP contribution in [-0.4, -0.2) is 15.9 Å². The third-order valence-electron chi connectivity index (χ3n) is 2.50. The molecule has 0 saturated carbocycles. The number of rotatable bonds is 3. The zero-order chi connectivity index (χ0) is 14.5. The van der Waals surface area contributed by atoms with Crippen LogP contribution in [0.1, 0.15) is 17.3 Å². The van der Waals surface area contributed by atoms with Crippen LogP contribution in [0.15, 0.2) is 42.6 Å². The van der Waals surface area contributed by atoms with E-state index in [1.54, 1.807) is 30.3 Å². The van der Waals surface area contributed by atoms with Crippen LogP contribution in [0.3, 0.4) is 0 Å². The van der Waals surface area contributed by atoms with Crippen molar-refractivity contribution in [3.8, 4) is 0 Å². The smallest absolute Gasteiger partial charge is 0.176 e. The number of nitrogens with zero attached hydrogens (tertiary/aromatic N) is 1. The monoisotopic (exact) mass is 305 g/mol. The fourth-order valence-electron chi connectivity index (χ4n) is 1.54. The third kappa shape index (κ3) is 4.01. The van der Waals surface area contributed by atoms with Crippen molar-refractivity contribution >= 4 is 46.2 Å². The lowest BCUT2D eigenvalue weighted by molar-refractivity contribution is 0.101. The van der Waals surface area contributed by atoms with E-state index < -0.39 is 0 Å². The summed E-state index contributed by atoms with van der Waals surface area (Å²) in [6.45, 7) is 1.52. The lowest BCUT2D eigenvalue weighted by Crippen LogP contribution is -2.19. The van der Waals surface area contributed by atoms with Crippen LogP contribution in [0, 0.1) is 0 Å². The van der Waals surface area contributed by atoms with Gasteiger partial charge in [0.2, 0.25) is 0 Å². The summed E-state index contributed by atoms with van der Waals surface area (Å²) < 4.78 is 0. The van der Waals surface area contributed by atoms with Gasteiger partial charge in [0.05, 0.1) is 5.02 Å². The number of thiocarbonyl (C=S) groups is 1. The van der Waals surface area contributed by atoms with Crippen LogP contribution in [0.5, 0.6) is 0 Å². The van der Waals surface area contributed by atoms with Crippen molar-refractivity contribution in [1.29, 1.82) is 0 Å². The molecule has 1 heterocycles. The lowest BCUT2D eigenvalue weighted by Gasteiger charge is -2.10. The normalized spacial score (nSPS) is 9.90. The average Bonchev–Trinajstić information content (AvgIpc) is 2.41. The van der Waals surface area contributed by atoms with Crippen LogP contribution in [0.2, 0.25) is 5.02 Å². The van der Waals surface area contributed by atoms with Gasteiger partial charge in [-0.25, -0.2) is 4.98 Å². The van der Waals surface area contributed by atoms with E-state index in [1.807, 2.05) is 6.07 Å². The molecule has 2 rings (SSSR count). The van der Waals surface area contributed by atoms with Gasteiger partial charge >= 0.3 is 0 Å². The minimum Gasteiger partial charge on any atom is -0.332 e. The molecule has 20 heavy (non-hydrogen) atoms. The second kappa shape index (κ2) is 6.45. The van der Waals surface area contributed by atoms with Gasteiger partial charge in [0.1, 0.15) is 5.82 Å². The number of Topliss-reactive ketones (excluding diaryl/α,β-unsaturated/α-hetero) is 1. The lowest BCUT2D eigenvalue weighted by atomic mass is 10.1. The molecule has 0 amide bonds. The number of hydrogen-bond donors (Lipinski definition) is 2. The molecule has 1 aromatic heterocycles. The quantitative estimate of drug-likeness (QED) is 0.668. The number of carbonyl (C=O) groups excluding carboxylic acids is 1. The highest BCUT2D eigenvalue weighted by atomic mass is 35.5. The Hall–Kier alpha value is -1.98. The average molecular weight is 306 g/mol. The number of halogens is 1. The van der Waals surface area contributed by atoms with Crippen molar-refractivity contribution in [3.05, 3.63) is 53.2 Å². The molecule has 0 atom stereocenters. The number of aromatic nitrogens is 1. The van der Waals surface area contributed by atoms with Gasteiger partial charge in [-0.1, -0.05) is 23.7 Å². The predicted octanol–water partition coefficient (Wildman–Crippen LogP) is 3.75. The van der Waals surface area contributed by atoms with E-state index in [1.165, 1.54) is 13.1 Å². The molecule has 102 valence electrons. The van der Waals surface area contributed by atoms with Gasteiger partial charge in [-0.2, -0.15) is 0 Å². The molecular weight excluding hydrogens is 294 g/mol. The second-order valence-electron chi connectivity index (χ2n) is 4.08. The molecule has 0 aliphatic carbocycles. The Kier molecular flexibility index (Phi) is 4.65. The van der Waals surface area contributed by atoms with Crippen molar-refractivity contribution in [2.24, 2.45) is 0 Å². The minimum atomic E-state index is 0.00638. The molecule has 0 radical (unpaired) electrons. The number of hydrogen-bond acceptors (Lipinski definition) is 3. The first-order valence-corrected chi connectivity index (χ1v) is 6.64. The zero-order valence-electron chi connectivity index (χ0n) is 10.7. The molecule has 4 nitrogen and oxygen atoms in total. The predicted molar refractivity (Wildman–Crippen MR) is 85.5 cm³/mol. The zero-order valence-corrected chi connectivity index (χ0v) is 12.3. The first-order valence-electron chi connectivity index (χ1n) is 5.85. The van der Waals surface area contributed by atoms with Crippen LogP contribution < -0.4 is 10.6 Å². The molecule has 2 N–H and O–H groups in total. The number of benzene rings is 1. The largest absolute Gasteiger partial charge is 0.332 e. The molecule has 0 saturated heterocycles. The molecule has 1 aromatic carbocycles. The molecule has 0 aliphatic heterocycles. The van der Waals surface area contributed by atoms with E-state index in [-0.39, 0.29) is 5.78 Å². The van der Waals surface area contributed by atoms with E-state index in [4.69, 9.17) is 23.8 Å². The maximum absolute atomic E-state index is 11.3. The number of anilines is 2. The van der Waals surface area contributed by atoms with Gasteiger partial charge < -0.3 is 10.6 Å². The maximum Gasteiger partial charge on any atom is 0.176 e. The van der Waals surface area contributed by atoms with Crippen LogP contribution in [0.4, 0.5) is 11.5 Å². The Labute approximate surface area is 127 Å². The summed E-state index contributed by atoms with van der Waals surface area (Å²) in [6.07, 6.45) is 1.53. The highest BCUT2D eigenvalue weighted by Crippen LogP contribution is 2.13. The van der Waals surface area contributed by atoms with E-state index in [9.17, 15) is 4.79 Å². The standard InChI is InChI=1S/C14H12ClN3OS/c1-9(19)10-3-2-4-12(7-10)17-14(20)18-13-6-5-11(15)8-16-13/h2-8H,1H3,(H2,16,17,18,20). The van der Waals surface area contributed by atoms with Gasteiger partial charge in [0, 0.05) is 17.4 Å². The SMILES string of the molecule is CC(=O)c1cccc(NC(=S)Nc2ccc(Cl)cn2)c1. The van der Waals surface area contributed by atoms with Gasteiger partial charge in [0.25, 0.3) is 0 Å². The fourth-order valence-corrected chi connectivity index (χ4v) is 1.88. The van der Waals surface area contributed by atoms with Crippen molar-refractivity contribution in [2.75, 3.05) is 10.6 Å². The maximum atomic E-state index is 11.3. The van der Waals surface area contributed by atoms with Gasteiger partial charge in [0.15, 0.2) is 10.9 Å². The fraction of sp³-hybridized carbons (Fsp3) is 0.0714.